The van der Waals surface area contributed by atoms with Gasteiger partial charge in [0.25, 0.3) is 0 Å². The van der Waals surface area contributed by atoms with Crippen LogP contribution in [-0.4, -0.2) is 31.6 Å². The highest BCUT2D eigenvalue weighted by atomic mass is 16.5. The molecule has 0 aliphatic rings. The van der Waals surface area contributed by atoms with Crippen LogP contribution in [0.3, 0.4) is 0 Å². The molecule has 3 rings (SSSR count). The maximum absolute atomic E-state index is 12.2. The number of carbonyl (C=O) groups is 2. The van der Waals surface area contributed by atoms with Gasteiger partial charge in [0, 0.05) is 23.9 Å². The molecule has 0 unspecified atom stereocenters. The van der Waals surface area contributed by atoms with Gasteiger partial charge < -0.3 is 24.9 Å². The van der Waals surface area contributed by atoms with Crippen molar-refractivity contribution in [1.29, 1.82) is 0 Å². The number of rotatable bonds is 9. The zero-order chi connectivity index (χ0) is 21.5. The number of hydrogen-bond donors (Lipinski definition) is 2. The molecule has 8 nitrogen and oxygen atoms in total. The van der Waals surface area contributed by atoms with Gasteiger partial charge >= 0.3 is 5.63 Å². The van der Waals surface area contributed by atoms with Gasteiger partial charge in [0.2, 0.25) is 11.8 Å². The van der Waals surface area contributed by atoms with Crippen LogP contribution in [0.15, 0.2) is 63.8 Å². The molecule has 0 aliphatic heterocycles. The lowest BCUT2D eigenvalue weighted by atomic mass is 10.0. The molecule has 1 atom stereocenters. The number of nitrogens with two attached hydrogens (primary N) is 1. The van der Waals surface area contributed by atoms with Gasteiger partial charge in [-0.15, -0.1) is 0 Å². The zero-order valence-electron chi connectivity index (χ0n) is 16.4. The normalized spacial score (nSPS) is 11.8. The number of primary amides is 1. The minimum absolute atomic E-state index is 0.0359. The number of nitrogens with one attached hydrogen (secondary N) is 1. The quantitative estimate of drug-likeness (QED) is 0.516. The van der Waals surface area contributed by atoms with Crippen molar-refractivity contribution in [2.45, 2.75) is 19.1 Å². The Hall–Kier alpha value is -3.65. The third-order valence-corrected chi connectivity index (χ3v) is 4.48. The molecule has 8 heteroatoms. The molecule has 0 saturated heterocycles. The van der Waals surface area contributed by atoms with Crippen LogP contribution < -0.4 is 21.4 Å². The molecule has 2 aromatic carbocycles. The standard InChI is InChI=1S/C22H22N2O6/c1-28-16-7-8-17-15(10-21(26)30-19(17)11-16)9-18(22(23)27)24-20(25)13-29-12-14-5-3-2-4-6-14/h2-8,10-11,18H,9,12-13H2,1H3,(H2,23,27)(H,24,25)/t18-/m1/s1. The van der Waals surface area contributed by atoms with Crippen molar-refractivity contribution >= 4 is 22.8 Å². The SMILES string of the molecule is COc1ccc2c(C[C@@H](NC(=O)COCc3ccccc3)C(N)=O)cc(=O)oc2c1. The Morgan fingerprint density at radius 1 is 1.13 bits per heavy atom. The summed E-state index contributed by atoms with van der Waals surface area (Å²) in [6.45, 7) is 0.0370. The van der Waals surface area contributed by atoms with E-state index in [1.807, 2.05) is 30.3 Å². The van der Waals surface area contributed by atoms with Crippen LogP contribution >= 0.6 is 0 Å². The Bertz CT molecular complexity index is 1090. The molecule has 3 N–H and O–H groups in total. The molecule has 1 heterocycles. The largest absolute Gasteiger partial charge is 0.497 e. The number of hydrogen-bond acceptors (Lipinski definition) is 6. The number of fused-ring (bicyclic) bond motifs is 1. The second kappa shape index (κ2) is 9.71. The lowest BCUT2D eigenvalue weighted by molar-refractivity contribution is -0.130. The minimum atomic E-state index is -1.01. The average Bonchev–Trinajstić information content (AvgIpc) is 2.73. The first-order chi connectivity index (χ1) is 14.5. The molecule has 2 amide bonds. The molecule has 0 radical (unpaired) electrons. The molecule has 1 aromatic heterocycles. The highest BCUT2D eigenvalue weighted by Gasteiger charge is 2.21. The Kier molecular flexibility index (Phi) is 6.82. The minimum Gasteiger partial charge on any atom is -0.497 e. The van der Waals surface area contributed by atoms with E-state index in [4.69, 9.17) is 19.6 Å². The van der Waals surface area contributed by atoms with E-state index in [0.29, 0.717) is 22.3 Å². The monoisotopic (exact) mass is 410 g/mol. The first-order valence-electron chi connectivity index (χ1n) is 9.27. The third kappa shape index (κ3) is 5.45. The van der Waals surface area contributed by atoms with E-state index in [2.05, 4.69) is 5.32 Å². The summed E-state index contributed by atoms with van der Waals surface area (Å²) >= 11 is 0. The summed E-state index contributed by atoms with van der Waals surface area (Å²) in [5.41, 5.74) is 6.66. The van der Waals surface area contributed by atoms with E-state index in [1.165, 1.54) is 13.2 Å². The summed E-state index contributed by atoms with van der Waals surface area (Å²) in [4.78, 5) is 36.0. The molecule has 0 spiro atoms. The summed E-state index contributed by atoms with van der Waals surface area (Å²) < 4.78 is 15.7. The highest BCUT2D eigenvalue weighted by molar-refractivity contribution is 5.88. The molecular formula is C22H22N2O6. The zero-order valence-corrected chi connectivity index (χ0v) is 16.4. The van der Waals surface area contributed by atoms with Gasteiger partial charge in [0.15, 0.2) is 0 Å². The fraction of sp³-hybridized carbons (Fsp3) is 0.227. The Labute approximate surface area is 172 Å². The van der Waals surface area contributed by atoms with Crippen LogP contribution in [0.25, 0.3) is 11.0 Å². The van der Waals surface area contributed by atoms with E-state index < -0.39 is 23.5 Å². The Morgan fingerprint density at radius 3 is 2.60 bits per heavy atom. The first-order valence-corrected chi connectivity index (χ1v) is 9.27. The molecular weight excluding hydrogens is 388 g/mol. The molecule has 0 aliphatic carbocycles. The van der Waals surface area contributed by atoms with E-state index in [9.17, 15) is 14.4 Å². The smallest absolute Gasteiger partial charge is 0.336 e. The first kappa shape index (κ1) is 21.1. The Balaban J connectivity index is 1.69. The number of carbonyl (C=O) groups excluding carboxylic acids is 2. The van der Waals surface area contributed by atoms with Crippen molar-refractivity contribution < 1.29 is 23.5 Å². The lowest BCUT2D eigenvalue weighted by Crippen LogP contribution is -2.47. The molecule has 3 aromatic rings. The predicted molar refractivity (Wildman–Crippen MR) is 110 cm³/mol. The van der Waals surface area contributed by atoms with E-state index in [0.717, 1.165) is 5.56 Å². The summed E-state index contributed by atoms with van der Waals surface area (Å²) in [6, 6.07) is 14.7. The van der Waals surface area contributed by atoms with Gasteiger partial charge in [-0.2, -0.15) is 0 Å². The van der Waals surface area contributed by atoms with Gasteiger partial charge in [-0.1, -0.05) is 30.3 Å². The van der Waals surface area contributed by atoms with Crippen LogP contribution in [-0.2, 0) is 27.4 Å². The van der Waals surface area contributed by atoms with Crippen molar-refractivity contribution in [3.05, 3.63) is 76.1 Å². The van der Waals surface area contributed by atoms with E-state index in [-0.39, 0.29) is 19.6 Å². The second-order valence-corrected chi connectivity index (χ2v) is 6.66. The Morgan fingerprint density at radius 2 is 1.90 bits per heavy atom. The van der Waals surface area contributed by atoms with Gasteiger partial charge in [-0.3, -0.25) is 9.59 Å². The van der Waals surface area contributed by atoms with Crippen LogP contribution in [0.1, 0.15) is 11.1 Å². The van der Waals surface area contributed by atoms with Crippen molar-refractivity contribution in [2.24, 2.45) is 5.73 Å². The fourth-order valence-electron chi connectivity index (χ4n) is 3.02. The molecule has 30 heavy (non-hydrogen) atoms. The van der Waals surface area contributed by atoms with Crippen molar-refractivity contribution in [1.82, 2.24) is 5.32 Å². The van der Waals surface area contributed by atoms with E-state index in [1.54, 1.807) is 18.2 Å². The second-order valence-electron chi connectivity index (χ2n) is 6.66. The number of benzene rings is 2. The van der Waals surface area contributed by atoms with Crippen LogP contribution in [0.5, 0.6) is 5.75 Å². The maximum atomic E-state index is 12.2. The van der Waals surface area contributed by atoms with Gasteiger partial charge in [-0.05, 0) is 23.3 Å². The topological polar surface area (TPSA) is 121 Å². The summed E-state index contributed by atoms with van der Waals surface area (Å²) in [5.74, 6) is -0.678. The number of ether oxygens (including phenoxy) is 2. The fourth-order valence-corrected chi connectivity index (χ4v) is 3.02. The predicted octanol–water partition coefficient (Wildman–Crippen LogP) is 1.53. The van der Waals surface area contributed by atoms with Crippen LogP contribution in [0, 0.1) is 0 Å². The molecule has 0 fully saturated rings. The van der Waals surface area contributed by atoms with Crippen LogP contribution in [0.2, 0.25) is 0 Å². The number of amides is 2. The summed E-state index contributed by atoms with van der Waals surface area (Å²) in [5, 5.41) is 3.18. The third-order valence-electron chi connectivity index (χ3n) is 4.48. The van der Waals surface area contributed by atoms with Crippen molar-refractivity contribution in [2.75, 3.05) is 13.7 Å². The summed E-state index contributed by atoms with van der Waals surface area (Å²) in [7, 11) is 1.50. The average molecular weight is 410 g/mol. The highest BCUT2D eigenvalue weighted by Crippen LogP contribution is 2.23. The van der Waals surface area contributed by atoms with Gasteiger partial charge in [0.1, 0.15) is 24.0 Å². The van der Waals surface area contributed by atoms with Crippen molar-refractivity contribution in [3.8, 4) is 5.75 Å². The van der Waals surface area contributed by atoms with E-state index >= 15 is 0 Å². The van der Waals surface area contributed by atoms with Crippen LogP contribution in [0.4, 0.5) is 0 Å². The van der Waals surface area contributed by atoms with Gasteiger partial charge in [-0.25, -0.2) is 4.79 Å². The lowest BCUT2D eigenvalue weighted by Gasteiger charge is -2.16. The summed E-state index contributed by atoms with van der Waals surface area (Å²) in [6.07, 6.45) is 0.0359. The van der Waals surface area contributed by atoms with Gasteiger partial charge in [0.05, 0.1) is 13.7 Å². The van der Waals surface area contributed by atoms with Crippen molar-refractivity contribution in [3.63, 3.8) is 0 Å². The molecule has 156 valence electrons. The maximum Gasteiger partial charge on any atom is 0.336 e. The molecule has 0 saturated carbocycles. The molecule has 0 bridgehead atoms. The number of methoxy groups -OCH3 is 1.